The Morgan fingerprint density at radius 2 is 1.68 bits per heavy atom. The van der Waals surface area contributed by atoms with Gasteiger partial charge in [-0.05, 0) is 43.7 Å². The number of hydrogen-bond acceptors (Lipinski definition) is 4. The van der Waals surface area contributed by atoms with Gasteiger partial charge in [0, 0.05) is 11.3 Å². The minimum atomic E-state index is -0.736. The van der Waals surface area contributed by atoms with E-state index in [0.717, 1.165) is 11.1 Å². The molecule has 1 heterocycles. The highest BCUT2D eigenvalue weighted by Gasteiger charge is 2.46. The normalized spacial score (nSPS) is 17.7. The lowest BCUT2D eigenvalue weighted by Gasteiger charge is -2.25. The monoisotopic (exact) mass is 413 g/mol. The van der Waals surface area contributed by atoms with Crippen molar-refractivity contribution in [3.05, 3.63) is 101 Å². The summed E-state index contributed by atoms with van der Waals surface area (Å²) in [6, 6.07) is 22.8. The van der Waals surface area contributed by atoms with Crippen molar-refractivity contribution >= 4 is 23.1 Å². The fourth-order valence-electron chi connectivity index (χ4n) is 3.81. The quantitative estimate of drug-likeness (QED) is 0.362. The number of rotatable bonds is 5. The van der Waals surface area contributed by atoms with Gasteiger partial charge in [-0.1, -0.05) is 60.2 Å². The van der Waals surface area contributed by atoms with E-state index in [-0.39, 0.29) is 11.3 Å². The minimum Gasteiger partial charge on any atom is -0.507 e. The van der Waals surface area contributed by atoms with Crippen LogP contribution in [0.25, 0.3) is 5.76 Å². The number of aliphatic hydroxyl groups is 1. The average molecular weight is 413 g/mol. The topological polar surface area (TPSA) is 66.8 Å². The van der Waals surface area contributed by atoms with Crippen LogP contribution < -0.4 is 9.64 Å². The average Bonchev–Trinajstić information content (AvgIpc) is 3.05. The number of carbonyl (C=O) groups is 2. The van der Waals surface area contributed by atoms with E-state index in [1.807, 2.05) is 68.4 Å². The number of hydrogen-bond donors (Lipinski definition) is 1. The SMILES string of the molecule is CCOc1cccc(/C(O)=C2/C(=O)C(=O)N(c3ccc(C)cc3)C2c2ccccc2)c1. The molecule has 0 bridgehead atoms. The van der Waals surface area contributed by atoms with E-state index in [2.05, 4.69) is 0 Å². The number of ketones is 1. The highest BCUT2D eigenvalue weighted by Crippen LogP contribution is 2.42. The molecule has 1 unspecified atom stereocenters. The van der Waals surface area contributed by atoms with Crippen molar-refractivity contribution in [3.63, 3.8) is 0 Å². The summed E-state index contributed by atoms with van der Waals surface area (Å²) in [6.07, 6.45) is 0. The molecule has 0 aliphatic carbocycles. The Labute approximate surface area is 181 Å². The molecule has 156 valence electrons. The Balaban J connectivity index is 1.90. The summed E-state index contributed by atoms with van der Waals surface area (Å²) in [5, 5.41) is 11.2. The van der Waals surface area contributed by atoms with Gasteiger partial charge in [0.15, 0.2) is 0 Å². The smallest absolute Gasteiger partial charge is 0.300 e. The Bertz CT molecular complexity index is 1150. The predicted molar refractivity (Wildman–Crippen MR) is 120 cm³/mol. The first kappa shape index (κ1) is 20.4. The first-order chi connectivity index (χ1) is 15.0. The van der Waals surface area contributed by atoms with Crippen LogP contribution in [0.15, 0.2) is 84.4 Å². The number of aliphatic hydroxyl groups excluding tert-OH is 1. The van der Waals surface area contributed by atoms with Crippen molar-refractivity contribution in [3.8, 4) is 5.75 Å². The van der Waals surface area contributed by atoms with Gasteiger partial charge in [-0.2, -0.15) is 0 Å². The minimum absolute atomic E-state index is 0.0606. The van der Waals surface area contributed by atoms with Gasteiger partial charge in [-0.25, -0.2) is 0 Å². The van der Waals surface area contributed by atoms with Crippen molar-refractivity contribution in [1.82, 2.24) is 0 Å². The molecule has 5 nitrogen and oxygen atoms in total. The standard InChI is InChI=1S/C26H23NO4/c1-3-31-21-11-7-10-19(16-21)24(28)22-23(18-8-5-4-6-9-18)27(26(30)25(22)29)20-14-12-17(2)13-15-20/h4-16,23,28H,3H2,1-2H3/b24-22-. The van der Waals surface area contributed by atoms with Gasteiger partial charge < -0.3 is 9.84 Å². The molecule has 3 aromatic carbocycles. The van der Waals surface area contributed by atoms with Gasteiger partial charge in [0.2, 0.25) is 0 Å². The number of anilines is 1. The van der Waals surface area contributed by atoms with Crippen LogP contribution in [-0.2, 0) is 9.59 Å². The third-order valence-corrected chi connectivity index (χ3v) is 5.29. The molecule has 1 saturated heterocycles. The van der Waals surface area contributed by atoms with E-state index in [4.69, 9.17) is 4.74 Å². The molecular formula is C26H23NO4. The molecule has 0 aromatic heterocycles. The maximum absolute atomic E-state index is 13.1. The Kier molecular flexibility index (Phi) is 5.58. The van der Waals surface area contributed by atoms with Crippen LogP contribution in [0.1, 0.15) is 29.7 Å². The van der Waals surface area contributed by atoms with Gasteiger partial charge in [-0.15, -0.1) is 0 Å². The third kappa shape index (κ3) is 3.82. The van der Waals surface area contributed by atoms with Crippen LogP contribution in [0, 0.1) is 6.92 Å². The number of aryl methyl sites for hydroxylation is 1. The number of nitrogens with zero attached hydrogens (tertiary/aromatic N) is 1. The largest absolute Gasteiger partial charge is 0.507 e. The molecule has 1 amide bonds. The molecule has 4 rings (SSSR count). The van der Waals surface area contributed by atoms with Crippen molar-refractivity contribution < 1.29 is 19.4 Å². The first-order valence-corrected chi connectivity index (χ1v) is 10.2. The highest BCUT2D eigenvalue weighted by atomic mass is 16.5. The number of ether oxygens (including phenoxy) is 1. The Morgan fingerprint density at radius 1 is 0.968 bits per heavy atom. The molecule has 1 aliphatic heterocycles. The van der Waals surface area contributed by atoms with E-state index >= 15 is 0 Å². The third-order valence-electron chi connectivity index (χ3n) is 5.29. The lowest BCUT2D eigenvalue weighted by atomic mass is 9.95. The van der Waals surface area contributed by atoms with E-state index in [1.54, 1.807) is 24.3 Å². The summed E-state index contributed by atoms with van der Waals surface area (Å²) in [6.45, 7) is 4.30. The second kappa shape index (κ2) is 8.48. The Hall–Kier alpha value is -3.86. The zero-order chi connectivity index (χ0) is 22.0. The summed E-state index contributed by atoms with van der Waals surface area (Å²) >= 11 is 0. The van der Waals surface area contributed by atoms with Gasteiger partial charge in [0.05, 0.1) is 18.2 Å². The summed E-state index contributed by atoms with van der Waals surface area (Å²) in [5.74, 6) is -1.02. The molecule has 1 fully saturated rings. The van der Waals surface area contributed by atoms with Crippen LogP contribution in [0.4, 0.5) is 5.69 Å². The van der Waals surface area contributed by atoms with Crippen LogP contribution >= 0.6 is 0 Å². The number of Topliss-reactive ketones (excluding diaryl/α,β-unsaturated/α-hetero) is 1. The van der Waals surface area contributed by atoms with Gasteiger partial charge in [0.25, 0.3) is 11.7 Å². The lowest BCUT2D eigenvalue weighted by Crippen LogP contribution is -2.29. The highest BCUT2D eigenvalue weighted by molar-refractivity contribution is 6.51. The molecule has 0 saturated carbocycles. The van der Waals surface area contributed by atoms with Gasteiger partial charge in [0.1, 0.15) is 11.5 Å². The van der Waals surface area contributed by atoms with E-state index in [9.17, 15) is 14.7 Å². The van der Waals surface area contributed by atoms with Crippen molar-refractivity contribution in [2.24, 2.45) is 0 Å². The summed E-state index contributed by atoms with van der Waals surface area (Å²) in [4.78, 5) is 27.7. The van der Waals surface area contributed by atoms with Crippen LogP contribution in [0.5, 0.6) is 5.75 Å². The lowest BCUT2D eigenvalue weighted by molar-refractivity contribution is -0.132. The number of amides is 1. The maximum atomic E-state index is 13.1. The number of benzene rings is 3. The fraction of sp³-hybridized carbons (Fsp3) is 0.154. The maximum Gasteiger partial charge on any atom is 0.300 e. The molecule has 31 heavy (non-hydrogen) atoms. The number of carbonyl (C=O) groups excluding carboxylic acids is 2. The second-order valence-electron chi connectivity index (χ2n) is 7.38. The van der Waals surface area contributed by atoms with Crippen LogP contribution in [0.3, 0.4) is 0 Å². The molecule has 1 N–H and O–H groups in total. The molecule has 5 heteroatoms. The van der Waals surface area contributed by atoms with Crippen LogP contribution in [0.2, 0.25) is 0 Å². The molecule has 1 atom stereocenters. The molecule has 1 aliphatic rings. The second-order valence-corrected chi connectivity index (χ2v) is 7.38. The predicted octanol–water partition coefficient (Wildman–Crippen LogP) is 5.02. The summed E-state index contributed by atoms with van der Waals surface area (Å²) < 4.78 is 5.52. The fourth-order valence-corrected chi connectivity index (χ4v) is 3.81. The molecular weight excluding hydrogens is 390 g/mol. The summed E-state index contributed by atoms with van der Waals surface area (Å²) in [5.41, 5.74) is 2.87. The van der Waals surface area contributed by atoms with E-state index < -0.39 is 17.7 Å². The van der Waals surface area contributed by atoms with E-state index in [1.165, 1.54) is 4.90 Å². The first-order valence-electron chi connectivity index (χ1n) is 10.2. The Morgan fingerprint density at radius 3 is 2.35 bits per heavy atom. The van der Waals surface area contributed by atoms with E-state index in [0.29, 0.717) is 23.6 Å². The molecule has 3 aromatic rings. The van der Waals surface area contributed by atoms with Crippen molar-refractivity contribution in [2.45, 2.75) is 19.9 Å². The zero-order valence-electron chi connectivity index (χ0n) is 17.4. The molecule has 0 spiro atoms. The zero-order valence-corrected chi connectivity index (χ0v) is 17.4. The van der Waals surface area contributed by atoms with Crippen molar-refractivity contribution in [2.75, 3.05) is 11.5 Å². The van der Waals surface area contributed by atoms with Gasteiger partial charge in [-0.3, -0.25) is 14.5 Å². The van der Waals surface area contributed by atoms with Crippen LogP contribution in [-0.4, -0.2) is 23.4 Å². The molecule has 0 radical (unpaired) electrons. The van der Waals surface area contributed by atoms with Crippen molar-refractivity contribution in [1.29, 1.82) is 0 Å². The summed E-state index contributed by atoms with van der Waals surface area (Å²) in [7, 11) is 0. The van der Waals surface area contributed by atoms with Gasteiger partial charge >= 0.3 is 0 Å².